The molecule has 2 aliphatic rings. The third kappa shape index (κ3) is 3.87. The van der Waals surface area contributed by atoms with Crippen molar-refractivity contribution in [2.75, 3.05) is 49.2 Å². The molecule has 2 unspecified atom stereocenters. The van der Waals surface area contributed by atoms with E-state index < -0.39 is 0 Å². The third-order valence-electron chi connectivity index (χ3n) is 5.57. The summed E-state index contributed by atoms with van der Waals surface area (Å²) >= 11 is 1.74. The lowest BCUT2D eigenvalue weighted by Gasteiger charge is -2.36. The van der Waals surface area contributed by atoms with Crippen molar-refractivity contribution in [3.05, 3.63) is 28.5 Å². The van der Waals surface area contributed by atoms with Gasteiger partial charge in [-0.05, 0) is 39.0 Å². The first-order chi connectivity index (χ1) is 14.6. The van der Waals surface area contributed by atoms with Gasteiger partial charge in [0.1, 0.15) is 5.82 Å². The lowest BCUT2D eigenvalue weighted by molar-refractivity contribution is -0.00570. The second kappa shape index (κ2) is 8.09. The second-order valence-electron chi connectivity index (χ2n) is 8.12. The quantitative estimate of drug-likeness (QED) is 0.636. The Bertz CT molecular complexity index is 1040. The first-order valence-corrected chi connectivity index (χ1v) is 11.4. The van der Waals surface area contributed by atoms with Crippen molar-refractivity contribution in [3.63, 3.8) is 0 Å². The van der Waals surface area contributed by atoms with Gasteiger partial charge in [-0.25, -0.2) is 4.98 Å². The number of aromatic nitrogens is 3. The molecule has 0 spiro atoms. The van der Waals surface area contributed by atoms with Crippen molar-refractivity contribution >= 4 is 34.1 Å². The fourth-order valence-electron chi connectivity index (χ4n) is 4.22. The van der Waals surface area contributed by atoms with E-state index in [1.165, 1.54) is 4.88 Å². The van der Waals surface area contributed by atoms with Crippen LogP contribution in [0.4, 0.5) is 11.8 Å². The van der Waals surface area contributed by atoms with Gasteiger partial charge >= 0.3 is 0 Å². The number of morpholine rings is 2. The zero-order chi connectivity index (χ0) is 20.7. The normalized spacial score (nSPS) is 22.6. The number of hydrogen-bond donors (Lipinski definition) is 0. The minimum Gasteiger partial charge on any atom is -0.378 e. The van der Waals surface area contributed by atoms with Gasteiger partial charge in [-0.3, -0.25) is 0 Å². The van der Waals surface area contributed by atoms with Crippen LogP contribution in [-0.4, -0.2) is 66.6 Å². The Morgan fingerprint density at radius 3 is 2.47 bits per heavy atom. The molecule has 2 atom stereocenters. The summed E-state index contributed by atoms with van der Waals surface area (Å²) in [7, 11) is 0. The second-order valence-corrected chi connectivity index (χ2v) is 9.24. The number of thiophene rings is 1. The molecule has 158 valence electrons. The highest BCUT2D eigenvalue weighted by molar-refractivity contribution is 7.10. The zero-order valence-electron chi connectivity index (χ0n) is 17.7. The molecule has 0 aliphatic carbocycles. The summed E-state index contributed by atoms with van der Waals surface area (Å²) in [4.78, 5) is 20.7. The predicted octanol–water partition coefficient (Wildman–Crippen LogP) is 3.51. The van der Waals surface area contributed by atoms with Crippen molar-refractivity contribution in [1.29, 1.82) is 0 Å². The molecule has 3 aromatic heterocycles. The Morgan fingerprint density at radius 2 is 1.77 bits per heavy atom. The Kier molecular flexibility index (Phi) is 5.30. The van der Waals surface area contributed by atoms with Gasteiger partial charge < -0.3 is 19.3 Å². The lowest BCUT2D eigenvalue weighted by Crippen LogP contribution is -2.46. The van der Waals surface area contributed by atoms with Crippen molar-refractivity contribution < 1.29 is 9.47 Å². The maximum absolute atomic E-state index is 5.91. The molecule has 0 aromatic carbocycles. The molecular weight excluding hydrogens is 398 g/mol. The van der Waals surface area contributed by atoms with Gasteiger partial charge in [-0.2, -0.15) is 9.97 Å². The largest absolute Gasteiger partial charge is 0.378 e. The first kappa shape index (κ1) is 19.7. The van der Waals surface area contributed by atoms with Gasteiger partial charge in [0.25, 0.3) is 0 Å². The average molecular weight is 426 g/mol. The molecule has 2 fully saturated rings. The fraction of sp³-hybridized carbons (Fsp3) is 0.500. The smallest absolute Gasteiger partial charge is 0.229 e. The number of aryl methyl sites for hydroxylation is 1. The Hall–Kier alpha value is -2.29. The van der Waals surface area contributed by atoms with E-state index in [1.54, 1.807) is 11.3 Å². The molecule has 7 nitrogen and oxygen atoms in total. The van der Waals surface area contributed by atoms with Crippen LogP contribution in [0.25, 0.3) is 22.3 Å². The summed E-state index contributed by atoms with van der Waals surface area (Å²) in [5, 5.41) is 3.14. The summed E-state index contributed by atoms with van der Waals surface area (Å²) in [6.45, 7) is 11.0. The van der Waals surface area contributed by atoms with Crippen LogP contribution in [0.5, 0.6) is 0 Å². The van der Waals surface area contributed by atoms with E-state index in [1.807, 2.05) is 0 Å². The van der Waals surface area contributed by atoms with E-state index in [2.05, 4.69) is 54.2 Å². The monoisotopic (exact) mass is 425 g/mol. The number of ether oxygens (including phenoxy) is 2. The average Bonchev–Trinajstić information content (AvgIpc) is 3.19. The fourth-order valence-corrected chi connectivity index (χ4v) is 4.92. The maximum Gasteiger partial charge on any atom is 0.229 e. The van der Waals surface area contributed by atoms with Crippen LogP contribution >= 0.6 is 11.3 Å². The van der Waals surface area contributed by atoms with Gasteiger partial charge in [0.15, 0.2) is 5.65 Å². The minimum absolute atomic E-state index is 0.146. The van der Waals surface area contributed by atoms with Gasteiger partial charge in [-0.15, -0.1) is 11.3 Å². The molecule has 0 amide bonds. The topological polar surface area (TPSA) is 63.6 Å². The van der Waals surface area contributed by atoms with Crippen LogP contribution in [0, 0.1) is 6.92 Å². The summed E-state index contributed by atoms with van der Waals surface area (Å²) in [5.41, 5.74) is 2.84. The highest BCUT2D eigenvalue weighted by atomic mass is 32.1. The van der Waals surface area contributed by atoms with Crippen LogP contribution in [-0.2, 0) is 9.47 Å². The first-order valence-electron chi connectivity index (χ1n) is 10.5. The Labute approximate surface area is 180 Å². The minimum atomic E-state index is 0.146. The molecule has 5 rings (SSSR count). The standard InChI is InChI=1S/C22H27N5O2S/c1-14-11-27(12-15(2)29-14)22-24-20-18(21(25-22)26-6-8-28-9-7-26)4-5-19(23-20)17-10-16(3)30-13-17/h4-5,10,13-15H,6-9,11-12H2,1-3H3. The summed E-state index contributed by atoms with van der Waals surface area (Å²) in [5.74, 6) is 1.68. The molecule has 30 heavy (non-hydrogen) atoms. The molecule has 2 aliphatic heterocycles. The molecule has 0 N–H and O–H groups in total. The molecule has 0 bridgehead atoms. The maximum atomic E-state index is 5.91. The van der Waals surface area contributed by atoms with Crippen LogP contribution in [0.2, 0.25) is 0 Å². The van der Waals surface area contributed by atoms with E-state index in [0.29, 0.717) is 13.2 Å². The van der Waals surface area contributed by atoms with E-state index in [4.69, 9.17) is 24.4 Å². The number of fused-ring (bicyclic) bond motifs is 1. The summed E-state index contributed by atoms with van der Waals surface area (Å²) in [6.07, 6.45) is 0.293. The van der Waals surface area contributed by atoms with Crippen molar-refractivity contribution in [3.8, 4) is 11.3 Å². The Morgan fingerprint density at radius 1 is 1.00 bits per heavy atom. The van der Waals surface area contributed by atoms with Gasteiger partial charge in [0, 0.05) is 42.0 Å². The summed E-state index contributed by atoms with van der Waals surface area (Å²) in [6, 6.07) is 6.37. The van der Waals surface area contributed by atoms with E-state index >= 15 is 0 Å². The van der Waals surface area contributed by atoms with Crippen LogP contribution in [0.15, 0.2) is 23.6 Å². The molecule has 3 aromatic rings. The lowest BCUT2D eigenvalue weighted by atomic mass is 10.2. The van der Waals surface area contributed by atoms with Gasteiger partial charge in [0.2, 0.25) is 5.95 Å². The highest BCUT2D eigenvalue weighted by Gasteiger charge is 2.26. The Balaban J connectivity index is 1.62. The highest BCUT2D eigenvalue weighted by Crippen LogP contribution is 2.31. The van der Waals surface area contributed by atoms with Crippen LogP contribution in [0.3, 0.4) is 0 Å². The molecule has 0 saturated carbocycles. The van der Waals surface area contributed by atoms with E-state index in [9.17, 15) is 0 Å². The number of pyridine rings is 1. The predicted molar refractivity (Wildman–Crippen MR) is 121 cm³/mol. The van der Waals surface area contributed by atoms with E-state index in [0.717, 1.165) is 60.2 Å². The van der Waals surface area contributed by atoms with Gasteiger partial charge in [0.05, 0.1) is 36.5 Å². The zero-order valence-corrected chi connectivity index (χ0v) is 18.5. The molecule has 0 radical (unpaired) electrons. The van der Waals surface area contributed by atoms with E-state index in [-0.39, 0.29) is 12.2 Å². The molecular formula is C22H27N5O2S. The van der Waals surface area contributed by atoms with Gasteiger partial charge in [-0.1, -0.05) is 0 Å². The van der Waals surface area contributed by atoms with Crippen molar-refractivity contribution in [1.82, 2.24) is 15.0 Å². The number of nitrogens with zero attached hydrogens (tertiary/aromatic N) is 5. The molecule has 5 heterocycles. The van der Waals surface area contributed by atoms with Crippen LogP contribution < -0.4 is 9.80 Å². The van der Waals surface area contributed by atoms with Crippen LogP contribution in [0.1, 0.15) is 18.7 Å². The SMILES string of the molecule is Cc1cc(-c2ccc3c(N4CCOCC4)nc(N4CC(C)OC(C)C4)nc3n2)cs1. The molecule has 2 saturated heterocycles. The number of rotatable bonds is 3. The number of anilines is 2. The molecule has 8 heteroatoms. The van der Waals surface area contributed by atoms with Crippen molar-refractivity contribution in [2.45, 2.75) is 33.0 Å². The summed E-state index contributed by atoms with van der Waals surface area (Å²) < 4.78 is 11.5. The third-order valence-corrected chi connectivity index (χ3v) is 6.43. The number of hydrogen-bond acceptors (Lipinski definition) is 8. The van der Waals surface area contributed by atoms with Crippen molar-refractivity contribution in [2.24, 2.45) is 0 Å².